The Hall–Kier alpha value is 0.0600. The molecule has 0 radical (unpaired) electrons. The highest BCUT2D eigenvalue weighted by molar-refractivity contribution is 8.17. The highest BCUT2D eigenvalue weighted by atomic mass is 32.2. The van der Waals surface area contributed by atoms with Crippen LogP contribution in [0, 0.1) is 11.8 Å². The molecule has 0 aromatic rings. The van der Waals surface area contributed by atoms with Crippen LogP contribution in [0.4, 0.5) is 0 Å². The number of thiocarbonyl (C=S) groups is 1. The first kappa shape index (κ1) is 17.1. The molecule has 1 fully saturated rings. The van der Waals surface area contributed by atoms with Crippen LogP contribution in [0.5, 0.6) is 0 Å². The van der Waals surface area contributed by atoms with Crippen LogP contribution in [-0.4, -0.2) is 39.2 Å². The lowest BCUT2D eigenvalue weighted by molar-refractivity contribution is -0.127. The minimum Gasteiger partial charge on any atom is -0.325 e. The van der Waals surface area contributed by atoms with Crippen molar-refractivity contribution >= 4 is 46.8 Å². The van der Waals surface area contributed by atoms with Crippen molar-refractivity contribution in [1.82, 2.24) is 10.2 Å². The van der Waals surface area contributed by atoms with E-state index in [9.17, 15) is 4.79 Å². The van der Waals surface area contributed by atoms with Crippen molar-refractivity contribution in [3.8, 4) is 0 Å². The quantitative estimate of drug-likeness (QED) is 0.600. The zero-order valence-electron chi connectivity index (χ0n) is 12.4. The first-order valence-corrected chi connectivity index (χ1v) is 9.53. The van der Waals surface area contributed by atoms with E-state index < -0.39 is 0 Å². The van der Waals surface area contributed by atoms with Crippen LogP contribution in [0.25, 0.3) is 0 Å². The molecule has 19 heavy (non-hydrogen) atoms. The topological polar surface area (TPSA) is 32.3 Å². The van der Waals surface area contributed by atoms with Gasteiger partial charge in [-0.2, -0.15) is 0 Å². The molecule has 1 rings (SSSR count). The fourth-order valence-corrected chi connectivity index (χ4v) is 5.77. The molecular weight excluding hydrogens is 296 g/mol. The summed E-state index contributed by atoms with van der Waals surface area (Å²) in [6, 6.07) is 0. The monoisotopic (exact) mass is 320 g/mol. The van der Waals surface area contributed by atoms with E-state index in [0.717, 1.165) is 19.4 Å². The van der Waals surface area contributed by atoms with Crippen LogP contribution in [0.1, 0.15) is 33.6 Å². The minimum absolute atomic E-state index is 0.0546. The Kier molecular flexibility index (Phi) is 6.47. The number of unbranched alkanes of at least 4 members (excludes halogenated alkanes) is 1. The second kappa shape index (κ2) is 7.18. The van der Waals surface area contributed by atoms with Crippen molar-refractivity contribution in [2.75, 3.05) is 19.1 Å². The molecule has 0 aliphatic carbocycles. The Morgan fingerprint density at radius 3 is 2.42 bits per heavy atom. The molecule has 1 aliphatic rings. The van der Waals surface area contributed by atoms with E-state index in [0.29, 0.717) is 5.11 Å². The molecule has 1 N–H and O–H groups in total. The number of carbonyl (C=O) groups excluding carboxylic acids is 1. The molecular formula is C13H24N2OS3. The van der Waals surface area contributed by atoms with Gasteiger partial charge in [-0.05, 0) is 37.1 Å². The molecule has 1 heterocycles. The second-order valence-corrected chi connectivity index (χ2v) is 7.77. The summed E-state index contributed by atoms with van der Waals surface area (Å²) in [5.41, 5.74) is 0. The van der Waals surface area contributed by atoms with Crippen LogP contribution >= 0.6 is 35.7 Å². The average molecular weight is 321 g/mol. The van der Waals surface area contributed by atoms with E-state index in [4.69, 9.17) is 12.2 Å². The van der Waals surface area contributed by atoms with Gasteiger partial charge in [0.2, 0.25) is 5.91 Å². The number of nitrogens with one attached hydrogen (secondary N) is 1. The number of amides is 1. The van der Waals surface area contributed by atoms with E-state index in [1.807, 2.05) is 0 Å². The molecule has 3 nitrogen and oxygen atoms in total. The Morgan fingerprint density at radius 1 is 1.42 bits per heavy atom. The van der Waals surface area contributed by atoms with Crippen molar-refractivity contribution in [1.29, 1.82) is 0 Å². The number of carbonyl (C=O) groups is 1. The number of hydrogen-bond acceptors (Lipinski definition) is 4. The SMILES string of the molecule is CCCCN1C(=S)NC(=O)C(C(C)C)C1(SC)SC. The lowest BCUT2D eigenvalue weighted by atomic mass is 9.92. The van der Waals surface area contributed by atoms with Gasteiger partial charge in [-0.1, -0.05) is 27.2 Å². The smallest absolute Gasteiger partial charge is 0.233 e. The number of rotatable bonds is 6. The molecule has 0 aromatic carbocycles. The Bertz CT molecular complexity index is 343. The molecule has 0 spiro atoms. The third-order valence-electron chi connectivity index (χ3n) is 3.51. The summed E-state index contributed by atoms with van der Waals surface area (Å²) in [4.78, 5) is 14.6. The first-order chi connectivity index (χ1) is 8.94. The first-order valence-electron chi connectivity index (χ1n) is 6.67. The van der Waals surface area contributed by atoms with Gasteiger partial charge in [0.15, 0.2) is 5.11 Å². The minimum atomic E-state index is -0.275. The summed E-state index contributed by atoms with van der Waals surface area (Å²) >= 11 is 8.88. The van der Waals surface area contributed by atoms with Crippen LogP contribution < -0.4 is 5.32 Å². The molecule has 0 aromatic heterocycles. The summed E-state index contributed by atoms with van der Waals surface area (Å²) in [6.07, 6.45) is 6.36. The second-order valence-electron chi connectivity index (χ2n) is 5.06. The molecule has 0 saturated carbocycles. The molecule has 110 valence electrons. The average Bonchev–Trinajstić information content (AvgIpc) is 2.36. The van der Waals surface area contributed by atoms with Gasteiger partial charge < -0.3 is 10.2 Å². The summed E-state index contributed by atoms with van der Waals surface area (Å²) in [5.74, 6) is 0.296. The van der Waals surface area contributed by atoms with Crippen molar-refractivity contribution in [2.45, 2.75) is 37.8 Å². The molecule has 1 amide bonds. The predicted molar refractivity (Wildman–Crippen MR) is 90.4 cm³/mol. The van der Waals surface area contributed by atoms with Gasteiger partial charge in [0, 0.05) is 6.54 Å². The third kappa shape index (κ3) is 3.22. The van der Waals surface area contributed by atoms with E-state index in [1.165, 1.54) is 0 Å². The molecule has 6 heteroatoms. The largest absolute Gasteiger partial charge is 0.325 e. The lowest BCUT2D eigenvalue weighted by Gasteiger charge is -2.51. The molecule has 0 bridgehead atoms. The summed E-state index contributed by atoms with van der Waals surface area (Å²) in [5, 5.41) is 3.47. The molecule has 1 saturated heterocycles. The van der Waals surface area contributed by atoms with Crippen LogP contribution in [0.3, 0.4) is 0 Å². The Labute approximate surface area is 130 Å². The standard InChI is InChI=1S/C13H24N2OS3/c1-6-7-8-15-12(17)14-11(16)10(9(2)3)13(15,18-4)19-5/h9-10H,6-8H2,1-5H3,(H,14,16,17). The van der Waals surface area contributed by atoms with E-state index in [2.05, 4.69) is 43.5 Å². The van der Waals surface area contributed by atoms with Crippen molar-refractivity contribution in [3.05, 3.63) is 0 Å². The van der Waals surface area contributed by atoms with Gasteiger partial charge in [0.25, 0.3) is 0 Å². The maximum Gasteiger partial charge on any atom is 0.233 e. The number of hydrogen-bond donors (Lipinski definition) is 1. The van der Waals surface area contributed by atoms with Crippen molar-refractivity contribution in [2.24, 2.45) is 11.8 Å². The predicted octanol–water partition coefficient (Wildman–Crippen LogP) is 3.16. The van der Waals surface area contributed by atoms with Crippen molar-refractivity contribution < 1.29 is 4.79 Å². The summed E-state index contributed by atoms with van der Waals surface area (Å²) in [6.45, 7) is 7.29. The van der Waals surface area contributed by atoms with E-state index >= 15 is 0 Å². The van der Waals surface area contributed by atoms with E-state index in [-0.39, 0.29) is 21.9 Å². The molecule has 1 aliphatic heterocycles. The fraction of sp³-hybridized carbons (Fsp3) is 0.846. The summed E-state index contributed by atoms with van der Waals surface area (Å²) < 4.78 is -0.275. The molecule has 1 unspecified atom stereocenters. The van der Waals surface area contributed by atoms with Gasteiger partial charge in [-0.15, -0.1) is 23.5 Å². The van der Waals surface area contributed by atoms with Gasteiger partial charge in [-0.3, -0.25) is 4.79 Å². The maximum absolute atomic E-state index is 12.3. The highest BCUT2D eigenvalue weighted by Gasteiger charge is 2.52. The van der Waals surface area contributed by atoms with Gasteiger partial charge in [0.05, 0.1) is 5.92 Å². The maximum atomic E-state index is 12.3. The third-order valence-corrected chi connectivity index (χ3v) is 6.95. The van der Waals surface area contributed by atoms with E-state index in [1.54, 1.807) is 23.5 Å². The molecule has 1 atom stereocenters. The van der Waals surface area contributed by atoms with Gasteiger partial charge >= 0.3 is 0 Å². The van der Waals surface area contributed by atoms with Gasteiger partial charge in [0.1, 0.15) is 4.20 Å². The van der Waals surface area contributed by atoms with Crippen LogP contribution in [0.2, 0.25) is 0 Å². The highest BCUT2D eigenvalue weighted by Crippen LogP contribution is 2.48. The zero-order valence-corrected chi connectivity index (χ0v) is 14.8. The van der Waals surface area contributed by atoms with Gasteiger partial charge in [-0.25, -0.2) is 0 Å². The normalized spacial score (nSPS) is 22.8. The number of nitrogens with zero attached hydrogens (tertiary/aromatic N) is 1. The summed E-state index contributed by atoms with van der Waals surface area (Å²) in [7, 11) is 0. The van der Waals surface area contributed by atoms with Crippen molar-refractivity contribution in [3.63, 3.8) is 0 Å². The zero-order chi connectivity index (χ0) is 14.6. The fourth-order valence-electron chi connectivity index (χ4n) is 2.58. The lowest BCUT2D eigenvalue weighted by Crippen LogP contribution is -2.66. The van der Waals surface area contributed by atoms with Crippen LogP contribution in [0.15, 0.2) is 0 Å². The number of thioether (sulfide) groups is 2. The van der Waals surface area contributed by atoms with Crippen LogP contribution in [-0.2, 0) is 4.79 Å². The Morgan fingerprint density at radius 2 is 2.00 bits per heavy atom. The Balaban J connectivity index is 3.17.